The number of halogens is 1. The fourth-order valence-electron chi connectivity index (χ4n) is 1.78. The maximum absolute atomic E-state index is 10.3. The van der Waals surface area contributed by atoms with E-state index in [4.69, 9.17) is 0 Å². The van der Waals surface area contributed by atoms with Crippen molar-refractivity contribution in [2.24, 2.45) is 0 Å². The molecule has 0 aliphatic heterocycles. The van der Waals surface area contributed by atoms with Crippen molar-refractivity contribution in [3.05, 3.63) is 63.4 Å². The summed E-state index contributed by atoms with van der Waals surface area (Å²) in [5.41, 5.74) is 3.91. The van der Waals surface area contributed by atoms with Crippen LogP contribution < -0.4 is 0 Å². The SMILES string of the molecule is Cc1cc(C(O)c2cnccc2C)ccc1Br. The number of pyridine rings is 1. The first-order valence-electron chi connectivity index (χ1n) is 5.44. The van der Waals surface area contributed by atoms with Gasteiger partial charge >= 0.3 is 0 Å². The summed E-state index contributed by atoms with van der Waals surface area (Å²) in [7, 11) is 0. The summed E-state index contributed by atoms with van der Waals surface area (Å²) in [5.74, 6) is 0. The highest BCUT2D eigenvalue weighted by Crippen LogP contribution is 2.27. The lowest BCUT2D eigenvalue weighted by atomic mass is 9.98. The van der Waals surface area contributed by atoms with Crippen molar-refractivity contribution in [2.45, 2.75) is 20.0 Å². The van der Waals surface area contributed by atoms with E-state index < -0.39 is 6.10 Å². The Morgan fingerprint density at radius 3 is 2.59 bits per heavy atom. The molecule has 3 heteroatoms. The lowest BCUT2D eigenvalue weighted by molar-refractivity contribution is 0.219. The molecule has 17 heavy (non-hydrogen) atoms. The molecule has 0 amide bonds. The van der Waals surface area contributed by atoms with Crippen LogP contribution in [0.1, 0.15) is 28.4 Å². The first-order valence-corrected chi connectivity index (χ1v) is 6.23. The van der Waals surface area contributed by atoms with E-state index in [9.17, 15) is 5.11 Å². The van der Waals surface area contributed by atoms with E-state index in [1.165, 1.54) is 0 Å². The van der Waals surface area contributed by atoms with E-state index >= 15 is 0 Å². The molecule has 1 atom stereocenters. The molecule has 0 aliphatic carbocycles. The number of hydrogen-bond acceptors (Lipinski definition) is 2. The highest BCUT2D eigenvalue weighted by Gasteiger charge is 2.13. The van der Waals surface area contributed by atoms with Crippen LogP contribution in [0.15, 0.2) is 41.1 Å². The van der Waals surface area contributed by atoms with Crippen LogP contribution in [0.4, 0.5) is 0 Å². The summed E-state index contributed by atoms with van der Waals surface area (Å²) in [6.45, 7) is 3.99. The van der Waals surface area contributed by atoms with Crippen LogP contribution in [0, 0.1) is 13.8 Å². The summed E-state index contributed by atoms with van der Waals surface area (Å²) in [4.78, 5) is 4.06. The average molecular weight is 292 g/mol. The summed E-state index contributed by atoms with van der Waals surface area (Å²) >= 11 is 3.46. The normalized spacial score (nSPS) is 12.5. The number of benzene rings is 1. The minimum Gasteiger partial charge on any atom is -0.384 e. The van der Waals surface area contributed by atoms with Gasteiger partial charge in [-0.25, -0.2) is 0 Å². The van der Waals surface area contributed by atoms with Gasteiger partial charge in [-0.3, -0.25) is 4.98 Å². The van der Waals surface area contributed by atoms with E-state index in [2.05, 4.69) is 20.9 Å². The van der Waals surface area contributed by atoms with E-state index in [0.717, 1.165) is 26.7 Å². The highest BCUT2D eigenvalue weighted by atomic mass is 79.9. The minimum absolute atomic E-state index is 0.615. The lowest BCUT2D eigenvalue weighted by Crippen LogP contribution is -2.03. The van der Waals surface area contributed by atoms with Crippen molar-refractivity contribution >= 4 is 15.9 Å². The summed E-state index contributed by atoms with van der Waals surface area (Å²) in [6.07, 6.45) is 2.84. The van der Waals surface area contributed by atoms with Gasteiger partial charge in [-0.05, 0) is 42.7 Å². The standard InChI is InChI=1S/C14H14BrNO/c1-9-5-6-16-8-12(9)14(17)11-3-4-13(15)10(2)7-11/h3-8,14,17H,1-2H3. The zero-order valence-electron chi connectivity index (χ0n) is 9.81. The Kier molecular flexibility index (Phi) is 3.60. The Labute approximate surface area is 109 Å². The molecule has 0 aliphatic rings. The van der Waals surface area contributed by atoms with E-state index in [0.29, 0.717) is 0 Å². The molecule has 2 aromatic rings. The van der Waals surface area contributed by atoms with Gasteiger partial charge in [0, 0.05) is 22.4 Å². The Balaban J connectivity index is 2.40. The quantitative estimate of drug-likeness (QED) is 0.918. The van der Waals surface area contributed by atoms with Gasteiger partial charge in [-0.2, -0.15) is 0 Å². The molecule has 2 nitrogen and oxygen atoms in total. The van der Waals surface area contributed by atoms with Crippen molar-refractivity contribution in [3.63, 3.8) is 0 Å². The maximum atomic E-state index is 10.3. The molecule has 1 unspecified atom stereocenters. The van der Waals surface area contributed by atoms with Crippen LogP contribution in [0.5, 0.6) is 0 Å². The van der Waals surface area contributed by atoms with Gasteiger partial charge in [0.15, 0.2) is 0 Å². The first-order chi connectivity index (χ1) is 8.09. The second-order valence-corrected chi connectivity index (χ2v) is 5.00. The topological polar surface area (TPSA) is 33.1 Å². The highest BCUT2D eigenvalue weighted by molar-refractivity contribution is 9.10. The maximum Gasteiger partial charge on any atom is 0.106 e. The summed E-state index contributed by atoms with van der Waals surface area (Å²) in [5, 5.41) is 10.3. The second-order valence-electron chi connectivity index (χ2n) is 4.14. The molecule has 1 heterocycles. The van der Waals surface area contributed by atoms with Gasteiger partial charge < -0.3 is 5.11 Å². The average Bonchev–Trinajstić information content (AvgIpc) is 2.32. The Hall–Kier alpha value is -1.19. The van der Waals surface area contributed by atoms with Gasteiger partial charge in [0.25, 0.3) is 0 Å². The molecule has 0 saturated heterocycles. The number of rotatable bonds is 2. The Bertz CT molecular complexity index is 539. The molecular formula is C14H14BrNO. The van der Waals surface area contributed by atoms with Crippen molar-refractivity contribution in [2.75, 3.05) is 0 Å². The number of aliphatic hydroxyl groups excluding tert-OH is 1. The fourth-order valence-corrected chi connectivity index (χ4v) is 2.03. The molecule has 0 spiro atoms. The molecule has 1 N–H and O–H groups in total. The van der Waals surface area contributed by atoms with Crippen LogP contribution in [0.3, 0.4) is 0 Å². The van der Waals surface area contributed by atoms with Gasteiger partial charge in [0.1, 0.15) is 6.10 Å². The predicted molar refractivity (Wildman–Crippen MR) is 71.9 cm³/mol. The van der Waals surface area contributed by atoms with Crippen LogP contribution >= 0.6 is 15.9 Å². The number of aromatic nitrogens is 1. The third-order valence-electron chi connectivity index (χ3n) is 2.87. The number of nitrogens with zero attached hydrogens (tertiary/aromatic N) is 1. The zero-order valence-corrected chi connectivity index (χ0v) is 11.4. The Morgan fingerprint density at radius 1 is 1.18 bits per heavy atom. The number of hydrogen-bond donors (Lipinski definition) is 1. The second kappa shape index (κ2) is 4.98. The van der Waals surface area contributed by atoms with Crippen molar-refractivity contribution in [1.82, 2.24) is 4.98 Å². The van der Waals surface area contributed by atoms with E-state index in [1.807, 2.05) is 38.1 Å². The number of aryl methyl sites for hydroxylation is 2. The van der Waals surface area contributed by atoms with Crippen LogP contribution in [0.2, 0.25) is 0 Å². The summed E-state index contributed by atoms with van der Waals surface area (Å²) in [6, 6.07) is 7.78. The minimum atomic E-state index is -0.615. The molecule has 0 radical (unpaired) electrons. The van der Waals surface area contributed by atoms with Crippen LogP contribution in [-0.2, 0) is 0 Å². The van der Waals surface area contributed by atoms with Crippen molar-refractivity contribution < 1.29 is 5.11 Å². The van der Waals surface area contributed by atoms with E-state index in [-0.39, 0.29) is 0 Å². The van der Waals surface area contributed by atoms with Gasteiger partial charge in [0.05, 0.1) is 0 Å². The molecule has 88 valence electrons. The van der Waals surface area contributed by atoms with Crippen LogP contribution in [0.25, 0.3) is 0 Å². The third kappa shape index (κ3) is 2.56. The van der Waals surface area contributed by atoms with Crippen molar-refractivity contribution in [1.29, 1.82) is 0 Å². The van der Waals surface area contributed by atoms with Gasteiger partial charge in [-0.1, -0.05) is 28.1 Å². The zero-order chi connectivity index (χ0) is 12.4. The fraction of sp³-hybridized carbons (Fsp3) is 0.214. The molecule has 2 rings (SSSR count). The number of aliphatic hydroxyl groups is 1. The Morgan fingerprint density at radius 2 is 1.94 bits per heavy atom. The monoisotopic (exact) mass is 291 g/mol. The first kappa shape index (κ1) is 12.3. The molecule has 1 aromatic heterocycles. The van der Waals surface area contributed by atoms with Gasteiger partial charge in [-0.15, -0.1) is 0 Å². The third-order valence-corrected chi connectivity index (χ3v) is 3.76. The molecular weight excluding hydrogens is 278 g/mol. The molecule has 0 saturated carbocycles. The predicted octanol–water partition coefficient (Wildman–Crippen LogP) is 3.54. The largest absolute Gasteiger partial charge is 0.384 e. The van der Waals surface area contributed by atoms with Gasteiger partial charge in [0.2, 0.25) is 0 Å². The molecule has 1 aromatic carbocycles. The van der Waals surface area contributed by atoms with Crippen LogP contribution in [-0.4, -0.2) is 10.1 Å². The molecule has 0 bridgehead atoms. The molecule has 0 fully saturated rings. The van der Waals surface area contributed by atoms with E-state index in [1.54, 1.807) is 12.4 Å². The van der Waals surface area contributed by atoms with Crippen molar-refractivity contribution in [3.8, 4) is 0 Å². The lowest BCUT2D eigenvalue weighted by Gasteiger charge is -2.14. The summed E-state index contributed by atoms with van der Waals surface area (Å²) < 4.78 is 1.05. The smallest absolute Gasteiger partial charge is 0.106 e.